The molecule has 2 aromatic carbocycles. The molecule has 0 unspecified atom stereocenters. The fraction of sp³-hybridized carbons (Fsp3) is 0.480. The predicted molar refractivity (Wildman–Crippen MR) is 128 cm³/mol. The Bertz CT molecular complexity index is 1040. The van der Waals surface area contributed by atoms with E-state index in [1.807, 2.05) is 44.2 Å². The minimum atomic E-state index is -3.71. The van der Waals surface area contributed by atoms with Crippen LogP contribution in [0.25, 0.3) is 0 Å². The van der Waals surface area contributed by atoms with Crippen LogP contribution in [-0.4, -0.2) is 38.8 Å². The summed E-state index contributed by atoms with van der Waals surface area (Å²) in [7, 11) is -2.23. The number of rotatable bonds is 7. The summed E-state index contributed by atoms with van der Waals surface area (Å²) in [4.78, 5) is 12.9. The summed E-state index contributed by atoms with van der Waals surface area (Å²) in [6.07, 6.45) is 0.975. The zero-order valence-corrected chi connectivity index (χ0v) is 20.4. The van der Waals surface area contributed by atoms with Gasteiger partial charge in [-0.05, 0) is 60.1 Å². The zero-order chi connectivity index (χ0) is 23.5. The van der Waals surface area contributed by atoms with Crippen LogP contribution >= 0.6 is 0 Å². The average Bonchev–Trinajstić information content (AvgIpc) is 2.79. The molecule has 2 aromatic rings. The molecule has 0 saturated carbocycles. The molecule has 32 heavy (non-hydrogen) atoms. The van der Waals surface area contributed by atoms with Crippen molar-refractivity contribution >= 4 is 21.6 Å². The lowest BCUT2D eigenvalue weighted by atomic mass is 9.97. The highest BCUT2D eigenvalue weighted by molar-refractivity contribution is 7.89. The van der Waals surface area contributed by atoms with Crippen molar-refractivity contribution < 1.29 is 17.9 Å². The van der Waals surface area contributed by atoms with E-state index in [1.165, 1.54) is 17.0 Å². The number of carbonyl (C=O) groups excluding carboxylic acids is 1. The lowest BCUT2D eigenvalue weighted by molar-refractivity contribution is -0.120. The number of piperidine rings is 1. The number of amides is 1. The zero-order valence-electron chi connectivity index (χ0n) is 19.6. The minimum Gasteiger partial charge on any atom is -0.495 e. The molecule has 6 nitrogen and oxygen atoms in total. The molecule has 1 fully saturated rings. The predicted octanol–water partition coefficient (Wildman–Crippen LogP) is 4.98. The van der Waals surface area contributed by atoms with Crippen molar-refractivity contribution in [2.45, 2.75) is 57.3 Å². The number of benzene rings is 2. The third-order valence-corrected chi connectivity index (χ3v) is 8.06. The van der Waals surface area contributed by atoms with Crippen LogP contribution in [0.3, 0.4) is 0 Å². The summed E-state index contributed by atoms with van der Waals surface area (Å²) in [5.74, 6) is 0.720. The van der Waals surface area contributed by atoms with E-state index in [0.717, 1.165) is 11.3 Å². The van der Waals surface area contributed by atoms with Gasteiger partial charge in [-0.25, -0.2) is 8.42 Å². The summed E-state index contributed by atoms with van der Waals surface area (Å²) in [5.41, 5.74) is 2.94. The van der Waals surface area contributed by atoms with Crippen LogP contribution in [0, 0.1) is 5.92 Å². The minimum absolute atomic E-state index is 0.0567. The number of hydrogen-bond donors (Lipinski definition) is 1. The van der Waals surface area contributed by atoms with E-state index in [0.29, 0.717) is 37.6 Å². The summed E-state index contributed by atoms with van der Waals surface area (Å²) >= 11 is 0. The van der Waals surface area contributed by atoms with Gasteiger partial charge in [0.2, 0.25) is 15.9 Å². The van der Waals surface area contributed by atoms with Gasteiger partial charge in [0.1, 0.15) is 10.6 Å². The number of anilines is 1. The molecule has 174 valence electrons. The Kier molecular flexibility index (Phi) is 7.62. The van der Waals surface area contributed by atoms with Crippen LogP contribution in [-0.2, 0) is 14.8 Å². The molecule has 1 saturated heterocycles. The van der Waals surface area contributed by atoms with Gasteiger partial charge >= 0.3 is 0 Å². The molecule has 1 amide bonds. The van der Waals surface area contributed by atoms with E-state index in [4.69, 9.17) is 4.74 Å². The van der Waals surface area contributed by atoms with Crippen molar-refractivity contribution in [1.82, 2.24) is 4.31 Å². The second-order valence-corrected chi connectivity index (χ2v) is 10.9. The van der Waals surface area contributed by atoms with E-state index >= 15 is 0 Å². The molecule has 1 aliphatic rings. The van der Waals surface area contributed by atoms with Crippen LogP contribution in [0.15, 0.2) is 47.4 Å². The summed E-state index contributed by atoms with van der Waals surface area (Å²) in [6.45, 7) is 8.93. The molecule has 0 aliphatic carbocycles. The number of nitrogens with zero attached hydrogens (tertiary/aromatic N) is 1. The number of ether oxygens (including phenoxy) is 1. The number of nitrogens with one attached hydrogen (secondary N) is 1. The first-order valence-electron chi connectivity index (χ1n) is 11.2. The van der Waals surface area contributed by atoms with Crippen LogP contribution < -0.4 is 10.1 Å². The van der Waals surface area contributed by atoms with E-state index in [-0.39, 0.29) is 22.6 Å². The van der Waals surface area contributed by atoms with E-state index < -0.39 is 10.0 Å². The van der Waals surface area contributed by atoms with Crippen LogP contribution in [0.5, 0.6) is 5.75 Å². The Morgan fingerprint density at radius 1 is 0.969 bits per heavy atom. The largest absolute Gasteiger partial charge is 0.495 e. The number of carbonyl (C=O) groups is 1. The van der Waals surface area contributed by atoms with Gasteiger partial charge < -0.3 is 10.1 Å². The third-order valence-electron chi connectivity index (χ3n) is 6.14. The van der Waals surface area contributed by atoms with Crippen LogP contribution in [0.4, 0.5) is 5.69 Å². The monoisotopic (exact) mass is 458 g/mol. The first-order chi connectivity index (χ1) is 15.1. The maximum atomic E-state index is 13.3. The molecule has 1 aliphatic heterocycles. The number of sulfonamides is 1. The standard InChI is InChI=1S/C25H34N2O4S/c1-17(2)19-6-9-22(10-7-19)26-25(28)20-12-14-27(15-13-20)32(29,30)24-16-21(18(3)4)8-11-23(24)31-5/h6-11,16-18,20H,12-15H2,1-5H3,(H,26,28). The van der Waals surface area contributed by atoms with Crippen molar-refractivity contribution in [1.29, 1.82) is 0 Å². The van der Waals surface area contributed by atoms with E-state index in [9.17, 15) is 13.2 Å². The van der Waals surface area contributed by atoms with Crippen molar-refractivity contribution in [2.75, 3.05) is 25.5 Å². The molecule has 0 radical (unpaired) electrons. The maximum absolute atomic E-state index is 13.3. The number of hydrogen-bond acceptors (Lipinski definition) is 4. The van der Waals surface area contributed by atoms with Gasteiger partial charge in [0.05, 0.1) is 7.11 Å². The second-order valence-electron chi connectivity index (χ2n) is 9.01. The van der Waals surface area contributed by atoms with Crippen molar-refractivity contribution in [2.24, 2.45) is 5.92 Å². The van der Waals surface area contributed by atoms with Gasteiger partial charge in [0, 0.05) is 24.7 Å². The van der Waals surface area contributed by atoms with Gasteiger partial charge in [0.15, 0.2) is 0 Å². The molecule has 1 N–H and O–H groups in total. The van der Waals surface area contributed by atoms with E-state index in [2.05, 4.69) is 19.2 Å². The molecule has 0 bridgehead atoms. The molecule has 3 rings (SSSR count). The molecule has 0 atom stereocenters. The topological polar surface area (TPSA) is 75.7 Å². The molecular formula is C25H34N2O4S. The summed E-state index contributed by atoms with van der Waals surface area (Å²) in [6, 6.07) is 13.2. The van der Waals surface area contributed by atoms with Crippen molar-refractivity contribution in [3.05, 3.63) is 53.6 Å². The Morgan fingerprint density at radius 2 is 1.53 bits per heavy atom. The highest BCUT2D eigenvalue weighted by atomic mass is 32.2. The fourth-order valence-corrected chi connectivity index (χ4v) is 5.61. The smallest absolute Gasteiger partial charge is 0.246 e. The Hall–Kier alpha value is -2.38. The Morgan fingerprint density at radius 3 is 2.06 bits per heavy atom. The molecular weight excluding hydrogens is 424 g/mol. The molecule has 0 aromatic heterocycles. The second kappa shape index (κ2) is 10.0. The summed E-state index contributed by atoms with van der Waals surface area (Å²) < 4.78 is 33.5. The van der Waals surface area contributed by atoms with Gasteiger partial charge in [-0.15, -0.1) is 0 Å². The van der Waals surface area contributed by atoms with Gasteiger partial charge in [-0.1, -0.05) is 45.9 Å². The molecule has 7 heteroatoms. The number of methoxy groups -OCH3 is 1. The Labute approximate surface area is 192 Å². The molecule has 1 heterocycles. The summed E-state index contributed by atoms with van der Waals surface area (Å²) in [5, 5.41) is 2.97. The quantitative estimate of drug-likeness (QED) is 0.635. The molecule has 0 spiro atoms. The first kappa shape index (κ1) is 24.3. The first-order valence-corrected chi connectivity index (χ1v) is 12.7. The van der Waals surface area contributed by atoms with E-state index in [1.54, 1.807) is 12.1 Å². The van der Waals surface area contributed by atoms with Crippen molar-refractivity contribution in [3.8, 4) is 5.75 Å². The fourth-order valence-electron chi connectivity index (χ4n) is 3.95. The van der Waals surface area contributed by atoms with Gasteiger partial charge in [0.25, 0.3) is 0 Å². The van der Waals surface area contributed by atoms with Crippen molar-refractivity contribution in [3.63, 3.8) is 0 Å². The lowest BCUT2D eigenvalue weighted by Gasteiger charge is -2.31. The maximum Gasteiger partial charge on any atom is 0.246 e. The SMILES string of the molecule is COc1ccc(C(C)C)cc1S(=O)(=O)N1CCC(C(=O)Nc2ccc(C(C)C)cc2)CC1. The average molecular weight is 459 g/mol. The third kappa shape index (κ3) is 5.33. The normalized spacial score (nSPS) is 15.8. The Balaban J connectivity index is 1.67. The highest BCUT2D eigenvalue weighted by Crippen LogP contribution is 2.32. The highest BCUT2D eigenvalue weighted by Gasteiger charge is 2.34. The van der Waals surface area contributed by atoms with Crippen LogP contribution in [0.1, 0.15) is 63.5 Å². The van der Waals surface area contributed by atoms with Crippen LogP contribution in [0.2, 0.25) is 0 Å². The van der Waals surface area contributed by atoms with Gasteiger partial charge in [-0.3, -0.25) is 4.79 Å². The lowest BCUT2D eigenvalue weighted by Crippen LogP contribution is -2.41. The van der Waals surface area contributed by atoms with Gasteiger partial charge in [-0.2, -0.15) is 4.31 Å².